The standard InChI is InChI=1S/C16H27N3/c1-4-19(16-6-5-11-17-12-16)13-14-7-9-15(10-8-14)18(2)3/h7-10,16-17H,4-6,11-13H2,1-3H3. The van der Waals surface area contributed by atoms with Crippen molar-refractivity contribution in [3.05, 3.63) is 29.8 Å². The highest BCUT2D eigenvalue weighted by atomic mass is 15.2. The van der Waals surface area contributed by atoms with Crippen LogP contribution in [0, 0.1) is 0 Å². The van der Waals surface area contributed by atoms with Gasteiger partial charge in [-0.15, -0.1) is 0 Å². The van der Waals surface area contributed by atoms with Gasteiger partial charge in [0, 0.05) is 38.9 Å². The van der Waals surface area contributed by atoms with Gasteiger partial charge in [-0.1, -0.05) is 19.1 Å². The maximum atomic E-state index is 3.51. The monoisotopic (exact) mass is 261 g/mol. The van der Waals surface area contributed by atoms with Gasteiger partial charge in [-0.2, -0.15) is 0 Å². The first-order valence-corrected chi connectivity index (χ1v) is 7.41. The third-order valence-electron chi connectivity index (χ3n) is 4.03. The lowest BCUT2D eigenvalue weighted by Crippen LogP contribution is -2.45. The summed E-state index contributed by atoms with van der Waals surface area (Å²) in [4.78, 5) is 4.74. The molecule has 0 radical (unpaired) electrons. The van der Waals surface area contributed by atoms with Gasteiger partial charge >= 0.3 is 0 Å². The van der Waals surface area contributed by atoms with E-state index in [-0.39, 0.29) is 0 Å². The van der Waals surface area contributed by atoms with Crippen LogP contribution in [0.4, 0.5) is 5.69 Å². The van der Waals surface area contributed by atoms with E-state index in [9.17, 15) is 0 Å². The zero-order valence-electron chi connectivity index (χ0n) is 12.5. The summed E-state index contributed by atoms with van der Waals surface area (Å²) in [6.07, 6.45) is 2.64. The summed E-state index contributed by atoms with van der Waals surface area (Å²) in [5.74, 6) is 0. The van der Waals surface area contributed by atoms with Gasteiger partial charge in [-0.3, -0.25) is 4.90 Å². The van der Waals surface area contributed by atoms with Crippen LogP contribution in [0.25, 0.3) is 0 Å². The van der Waals surface area contributed by atoms with Crippen molar-refractivity contribution >= 4 is 5.69 Å². The Balaban J connectivity index is 1.97. The summed E-state index contributed by atoms with van der Waals surface area (Å²) < 4.78 is 0. The average molecular weight is 261 g/mol. The fourth-order valence-corrected chi connectivity index (χ4v) is 2.78. The molecule has 1 fully saturated rings. The molecule has 0 saturated carbocycles. The Labute approximate surface area is 117 Å². The summed E-state index contributed by atoms with van der Waals surface area (Å²) in [7, 11) is 4.17. The van der Waals surface area contributed by atoms with Gasteiger partial charge in [-0.25, -0.2) is 0 Å². The number of nitrogens with one attached hydrogen (secondary N) is 1. The third-order valence-corrected chi connectivity index (χ3v) is 4.03. The molecule has 1 aliphatic rings. The van der Waals surface area contributed by atoms with Gasteiger partial charge in [0.15, 0.2) is 0 Å². The lowest BCUT2D eigenvalue weighted by molar-refractivity contribution is 0.166. The van der Waals surface area contributed by atoms with E-state index in [1.807, 2.05) is 0 Å². The SMILES string of the molecule is CCN(Cc1ccc(N(C)C)cc1)C1CCCNC1. The fraction of sp³-hybridized carbons (Fsp3) is 0.625. The molecule has 3 heteroatoms. The number of benzene rings is 1. The van der Waals surface area contributed by atoms with Crippen LogP contribution in [-0.4, -0.2) is 44.7 Å². The molecule has 2 rings (SSSR count). The molecule has 0 aromatic heterocycles. The van der Waals surface area contributed by atoms with Crippen LogP contribution in [-0.2, 0) is 6.54 Å². The summed E-state index contributed by atoms with van der Waals surface area (Å²) in [6, 6.07) is 9.64. The summed E-state index contributed by atoms with van der Waals surface area (Å²) >= 11 is 0. The topological polar surface area (TPSA) is 18.5 Å². The van der Waals surface area contributed by atoms with Gasteiger partial charge in [0.25, 0.3) is 0 Å². The number of anilines is 1. The predicted octanol–water partition coefficient (Wildman–Crippen LogP) is 2.33. The number of likely N-dealkylation sites (N-methyl/N-ethyl adjacent to an activating group) is 1. The molecule has 106 valence electrons. The van der Waals surface area contributed by atoms with E-state index >= 15 is 0 Å². The summed E-state index contributed by atoms with van der Waals surface area (Å²) in [5.41, 5.74) is 2.68. The first-order valence-electron chi connectivity index (χ1n) is 7.41. The summed E-state index contributed by atoms with van der Waals surface area (Å²) in [5, 5.41) is 3.51. The van der Waals surface area contributed by atoms with Crippen molar-refractivity contribution in [2.24, 2.45) is 0 Å². The molecular weight excluding hydrogens is 234 g/mol. The highest BCUT2D eigenvalue weighted by Gasteiger charge is 2.19. The van der Waals surface area contributed by atoms with E-state index in [2.05, 4.69) is 60.4 Å². The maximum absolute atomic E-state index is 3.51. The van der Waals surface area contributed by atoms with Gasteiger partial charge in [-0.05, 0) is 43.6 Å². The highest BCUT2D eigenvalue weighted by molar-refractivity contribution is 5.45. The average Bonchev–Trinajstić information content (AvgIpc) is 2.46. The predicted molar refractivity (Wildman–Crippen MR) is 82.7 cm³/mol. The van der Waals surface area contributed by atoms with Crippen molar-refractivity contribution in [3.8, 4) is 0 Å². The Kier molecular flexibility index (Phi) is 5.23. The second-order valence-electron chi connectivity index (χ2n) is 5.62. The molecule has 0 spiro atoms. The number of rotatable bonds is 5. The van der Waals surface area contributed by atoms with E-state index < -0.39 is 0 Å². The molecule has 1 aromatic rings. The van der Waals surface area contributed by atoms with Gasteiger partial charge in [0.1, 0.15) is 0 Å². The smallest absolute Gasteiger partial charge is 0.0361 e. The van der Waals surface area contributed by atoms with Crippen LogP contribution in [0.15, 0.2) is 24.3 Å². The molecule has 0 bridgehead atoms. The molecule has 19 heavy (non-hydrogen) atoms. The van der Waals surface area contributed by atoms with E-state index in [0.717, 1.165) is 19.6 Å². The van der Waals surface area contributed by atoms with E-state index in [4.69, 9.17) is 0 Å². The quantitative estimate of drug-likeness (QED) is 0.877. The zero-order chi connectivity index (χ0) is 13.7. The van der Waals surface area contributed by atoms with Gasteiger partial charge in [0.05, 0.1) is 0 Å². The fourth-order valence-electron chi connectivity index (χ4n) is 2.78. The highest BCUT2D eigenvalue weighted by Crippen LogP contribution is 2.17. The van der Waals surface area contributed by atoms with Crippen LogP contribution in [0.3, 0.4) is 0 Å². The van der Waals surface area contributed by atoms with Crippen molar-refractivity contribution in [3.63, 3.8) is 0 Å². The largest absolute Gasteiger partial charge is 0.378 e. The molecular formula is C16H27N3. The lowest BCUT2D eigenvalue weighted by Gasteiger charge is -2.34. The van der Waals surface area contributed by atoms with Crippen molar-refractivity contribution in [2.45, 2.75) is 32.4 Å². The van der Waals surface area contributed by atoms with Crippen LogP contribution in [0.5, 0.6) is 0 Å². The van der Waals surface area contributed by atoms with Crippen molar-refractivity contribution in [1.29, 1.82) is 0 Å². The van der Waals surface area contributed by atoms with Gasteiger partial charge in [0.2, 0.25) is 0 Å². The van der Waals surface area contributed by atoms with Crippen molar-refractivity contribution < 1.29 is 0 Å². The molecule has 1 saturated heterocycles. The number of hydrogen-bond acceptors (Lipinski definition) is 3. The van der Waals surface area contributed by atoms with Crippen LogP contribution >= 0.6 is 0 Å². The van der Waals surface area contributed by atoms with Crippen molar-refractivity contribution in [2.75, 3.05) is 38.6 Å². The van der Waals surface area contributed by atoms with E-state index in [1.54, 1.807) is 0 Å². The Morgan fingerprint density at radius 1 is 1.21 bits per heavy atom. The Hall–Kier alpha value is -1.06. The molecule has 0 aliphatic carbocycles. The molecule has 3 nitrogen and oxygen atoms in total. The number of piperidine rings is 1. The molecule has 1 heterocycles. The molecule has 1 aliphatic heterocycles. The van der Waals surface area contributed by atoms with E-state index in [0.29, 0.717) is 6.04 Å². The third kappa shape index (κ3) is 3.95. The normalized spacial score (nSPS) is 19.7. The Bertz CT molecular complexity index is 366. The molecule has 1 aromatic carbocycles. The van der Waals surface area contributed by atoms with Crippen LogP contribution in [0.2, 0.25) is 0 Å². The molecule has 1 unspecified atom stereocenters. The van der Waals surface area contributed by atoms with Crippen LogP contribution < -0.4 is 10.2 Å². The summed E-state index contributed by atoms with van der Waals surface area (Å²) in [6.45, 7) is 6.79. The minimum absolute atomic E-state index is 0.701. The molecule has 1 N–H and O–H groups in total. The molecule has 1 atom stereocenters. The maximum Gasteiger partial charge on any atom is 0.0361 e. The number of hydrogen-bond donors (Lipinski definition) is 1. The minimum atomic E-state index is 0.701. The Morgan fingerprint density at radius 3 is 2.47 bits per heavy atom. The first-order chi connectivity index (χ1) is 9.20. The second-order valence-corrected chi connectivity index (χ2v) is 5.62. The Morgan fingerprint density at radius 2 is 1.95 bits per heavy atom. The van der Waals surface area contributed by atoms with Crippen molar-refractivity contribution in [1.82, 2.24) is 10.2 Å². The van der Waals surface area contributed by atoms with Crippen LogP contribution in [0.1, 0.15) is 25.3 Å². The number of nitrogens with zero attached hydrogens (tertiary/aromatic N) is 2. The minimum Gasteiger partial charge on any atom is -0.378 e. The first kappa shape index (κ1) is 14.4. The zero-order valence-corrected chi connectivity index (χ0v) is 12.5. The molecule has 0 amide bonds. The lowest BCUT2D eigenvalue weighted by atomic mass is 10.0. The second kappa shape index (κ2) is 6.92. The van der Waals surface area contributed by atoms with Gasteiger partial charge < -0.3 is 10.2 Å². The van der Waals surface area contributed by atoms with E-state index in [1.165, 1.54) is 30.6 Å².